The third-order valence-corrected chi connectivity index (χ3v) is 4.23. The summed E-state index contributed by atoms with van der Waals surface area (Å²) in [6.45, 7) is 5.54. The molecule has 0 saturated carbocycles. The number of ether oxygens (including phenoxy) is 3. The average molecular weight is 341 g/mol. The van der Waals surface area contributed by atoms with Crippen molar-refractivity contribution in [2.24, 2.45) is 0 Å². The molecule has 0 aromatic heterocycles. The molecule has 0 radical (unpaired) electrons. The molecule has 0 atom stereocenters. The van der Waals surface area contributed by atoms with E-state index in [1.54, 1.807) is 30.9 Å². The Hall–Kier alpha value is -1.24. The summed E-state index contributed by atoms with van der Waals surface area (Å²) >= 11 is 1.63. The smallest absolute Gasteiger partial charge is 0.410 e. The van der Waals surface area contributed by atoms with Gasteiger partial charge in [-0.2, -0.15) is 0 Å². The van der Waals surface area contributed by atoms with Crippen LogP contribution in [0.4, 0.5) is 4.79 Å². The Morgan fingerprint density at radius 1 is 1.09 bits per heavy atom. The highest BCUT2D eigenvalue weighted by Crippen LogP contribution is 2.23. The Balaban J connectivity index is 2.54. The van der Waals surface area contributed by atoms with Crippen LogP contribution in [0, 0.1) is 0 Å². The van der Waals surface area contributed by atoms with Crippen LogP contribution in [0.5, 0.6) is 5.75 Å². The molecule has 0 aliphatic rings. The number of hydrogen-bond acceptors (Lipinski definition) is 5. The fraction of sp³-hybridized carbons (Fsp3) is 0.588. The van der Waals surface area contributed by atoms with Crippen molar-refractivity contribution < 1.29 is 19.0 Å². The minimum Gasteiger partial charge on any atom is -0.410 e. The van der Waals surface area contributed by atoms with Gasteiger partial charge in [-0.3, -0.25) is 0 Å². The Bertz CT molecular complexity index is 442. The second-order valence-corrected chi connectivity index (χ2v) is 6.13. The summed E-state index contributed by atoms with van der Waals surface area (Å²) in [5, 5.41) is 0. The first-order valence-corrected chi connectivity index (χ1v) is 8.88. The maximum Gasteiger partial charge on any atom is 0.415 e. The molecule has 0 bridgehead atoms. The van der Waals surface area contributed by atoms with Gasteiger partial charge < -0.3 is 19.1 Å². The maximum atomic E-state index is 12.1. The predicted octanol–water partition coefficient (Wildman–Crippen LogP) is 4.02. The van der Waals surface area contributed by atoms with E-state index in [2.05, 4.69) is 13.8 Å². The zero-order valence-electron chi connectivity index (χ0n) is 14.4. The molecule has 5 nitrogen and oxygen atoms in total. The SMILES string of the molecule is CCCN(CCC)C(=O)Oc1ccc(SCC(OC)OC)cc1. The van der Waals surface area contributed by atoms with E-state index in [1.165, 1.54) is 0 Å². The lowest BCUT2D eigenvalue weighted by atomic mass is 10.3. The number of carbonyl (C=O) groups is 1. The highest BCUT2D eigenvalue weighted by molar-refractivity contribution is 7.99. The van der Waals surface area contributed by atoms with Gasteiger partial charge in [-0.25, -0.2) is 4.79 Å². The van der Waals surface area contributed by atoms with Gasteiger partial charge in [-0.1, -0.05) is 13.8 Å². The van der Waals surface area contributed by atoms with Gasteiger partial charge >= 0.3 is 6.09 Å². The lowest BCUT2D eigenvalue weighted by molar-refractivity contribution is -0.0842. The molecule has 0 saturated heterocycles. The van der Waals surface area contributed by atoms with Crippen molar-refractivity contribution in [3.63, 3.8) is 0 Å². The van der Waals surface area contributed by atoms with Crippen LogP contribution in [-0.2, 0) is 9.47 Å². The number of rotatable bonds is 10. The number of hydrogen-bond donors (Lipinski definition) is 0. The molecular weight excluding hydrogens is 314 g/mol. The molecule has 1 aromatic carbocycles. The predicted molar refractivity (Wildman–Crippen MR) is 93.2 cm³/mol. The number of amides is 1. The summed E-state index contributed by atoms with van der Waals surface area (Å²) < 4.78 is 15.7. The van der Waals surface area contributed by atoms with E-state index in [1.807, 2.05) is 24.3 Å². The number of nitrogens with zero attached hydrogens (tertiary/aromatic N) is 1. The molecule has 0 fully saturated rings. The van der Waals surface area contributed by atoms with E-state index in [0.29, 0.717) is 11.5 Å². The summed E-state index contributed by atoms with van der Waals surface area (Å²) in [6, 6.07) is 7.48. The Labute approximate surface area is 143 Å². The maximum absolute atomic E-state index is 12.1. The topological polar surface area (TPSA) is 48.0 Å². The molecule has 0 aliphatic carbocycles. The van der Waals surface area contributed by atoms with Crippen LogP contribution < -0.4 is 4.74 Å². The van der Waals surface area contributed by atoms with Crippen LogP contribution in [0.3, 0.4) is 0 Å². The number of carbonyl (C=O) groups excluding carboxylic acids is 1. The molecule has 6 heteroatoms. The van der Waals surface area contributed by atoms with E-state index < -0.39 is 0 Å². The summed E-state index contributed by atoms with van der Waals surface area (Å²) in [6.07, 6.45) is 1.33. The molecule has 1 amide bonds. The normalized spacial score (nSPS) is 10.8. The second kappa shape index (κ2) is 11.3. The van der Waals surface area contributed by atoms with Gasteiger partial charge in [0.15, 0.2) is 6.29 Å². The fourth-order valence-electron chi connectivity index (χ4n) is 2.00. The van der Waals surface area contributed by atoms with E-state index in [4.69, 9.17) is 14.2 Å². The van der Waals surface area contributed by atoms with Crippen LogP contribution in [0.2, 0.25) is 0 Å². The lowest BCUT2D eigenvalue weighted by Gasteiger charge is -2.20. The Kier molecular flexibility index (Phi) is 9.75. The summed E-state index contributed by atoms with van der Waals surface area (Å²) in [7, 11) is 3.24. The number of methoxy groups -OCH3 is 2. The van der Waals surface area contributed by atoms with Crippen molar-refractivity contribution in [1.82, 2.24) is 4.90 Å². The van der Waals surface area contributed by atoms with Crippen molar-refractivity contribution in [1.29, 1.82) is 0 Å². The highest BCUT2D eigenvalue weighted by atomic mass is 32.2. The molecule has 0 N–H and O–H groups in total. The molecule has 0 heterocycles. The first-order chi connectivity index (χ1) is 11.1. The summed E-state index contributed by atoms with van der Waals surface area (Å²) in [5.74, 6) is 1.26. The van der Waals surface area contributed by atoms with Gasteiger partial charge in [0.2, 0.25) is 0 Å². The lowest BCUT2D eigenvalue weighted by Crippen LogP contribution is -2.34. The fourth-order valence-corrected chi connectivity index (χ4v) is 2.93. The molecule has 23 heavy (non-hydrogen) atoms. The first kappa shape index (κ1) is 19.8. The van der Waals surface area contributed by atoms with E-state index >= 15 is 0 Å². The van der Waals surface area contributed by atoms with Gasteiger partial charge in [0.05, 0.1) is 0 Å². The molecule has 130 valence electrons. The zero-order chi connectivity index (χ0) is 17.1. The van der Waals surface area contributed by atoms with Gasteiger partial charge in [-0.05, 0) is 37.1 Å². The standard InChI is InChI=1S/C17H27NO4S/c1-5-11-18(12-6-2)17(19)22-14-7-9-15(10-8-14)23-13-16(20-3)21-4/h7-10,16H,5-6,11-13H2,1-4H3. The molecule has 1 rings (SSSR count). The number of thioether (sulfide) groups is 1. The van der Waals surface area contributed by atoms with Crippen molar-refractivity contribution in [2.45, 2.75) is 37.9 Å². The monoisotopic (exact) mass is 341 g/mol. The molecule has 1 aromatic rings. The van der Waals surface area contributed by atoms with Crippen molar-refractivity contribution in [3.05, 3.63) is 24.3 Å². The third-order valence-electron chi connectivity index (χ3n) is 3.19. The van der Waals surface area contributed by atoms with E-state index in [9.17, 15) is 4.79 Å². The molecule has 0 unspecified atom stereocenters. The van der Waals surface area contributed by atoms with Crippen molar-refractivity contribution >= 4 is 17.9 Å². The van der Waals surface area contributed by atoms with E-state index in [-0.39, 0.29) is 12.4 Å². The summed E-state index contributed by atoms with van der Waals surface area (Å²) in [5.41, 5.74) is 0. The van der Waals surface area contributed by atoms with E-state index in [0.717, 1.165) is 30.8 Å². The Morgan fingerprint density at radius 3 is 2.13 bits per heavy atom. The average Bonchev–Trinajstić information content (AvgIpc) is 2.57. The summed E-state index contributed by atoms with van der Waals surface area (Å²) in [4.78, 5) is 14.9. The van der Waals surface area contributed by atoms with Crippen LogP contribution in [0.25, 0.3) is 0 Å². The van der Waals surface area contributed by atoms with Gasteiger partial charge in [0.1, 0.15) is 5.75 Å². The largest absolute Gasteiger partial charge is 0.415 e. The van der Waals surface area contributed by atoms with Gasteiger partial charge in [-0.15, -0.1) is 11.8 Å². The van der Waals surface area contributed by atoms with Crippen LogP contribution in [-0.4, -0.2) is 50.3 Å². The van der Waals surface area contributed by atoms with Crippen LogP contribution >= 0.6 is 11.8 Å². The van der Waals surface area contributed by atoms with Crippen molar-refractivity contribution in [3.8, 4) is 5.75 Å². The van der Waals surface area contributed by atoms with Crippen LogP contribution in [0.1, 0.15) is 26.7 Å². The Morgan fingerprint density at radius 2 is 1.65 bits per heavy atom. The molecule has 0 aliphatic heterocycles. The van der Waals surface area contributed by atoms with Crippen molar-refractivity contribution in [2.75, 3.05) is 33.1 Å². The zero-order valence-corrected chi connectivity index (χ0v) is 15.2. The minimum absolute atomic E-state index is 0.228. The minimum atomic E-state index is -0.284. The first-order valence-electron chi connectivity index (χ1n) is 7.89. The van der Waals surface area contributed by atoms with Gasteiger partial charge in [0, 0.05) is 38.0 Å². The third kappa shape index (κ3) is 7.24. The number of benzene rings is 1. The molecule has 0 spiro atoms. The van der Waals surface area contributed by atoms with Gasteiger partial charge in [0.25, 0.3) is 0 Å². The quantitative estimate of drug-likeness (QED) is 0.475. The van der Waals surface area contributed by atoms with Crippen LogP contribution in [0.15, 0.2) is 29.2 Å². The molecular formula is C17H27NO4S. The highest BCUT2D eigenvalue weighted by Gasteiger charge is 2.14. The second-order valence-electron chi connectivity index (χ2n) is 5.04.